The van der Waals surface area contributed by atoms with E-state index in [9.17, 15) is 4.79 Å². The van der Waals surface area contributed by atoms with E-state index < -0.39 is 0 Å². The van der Waals surface area contributed by atoms with E-state index in [0.717, 1.165) is 19.4 Å². The number of hydrogen-bond acceptors (Lipinski definition) is 3. The van der Waals surface area contributed by atoms with Gasteiger partial charge < -0.3 is 10.3 Å². The lowest BCUT2D eigenvalue weighted by molar-refractivity contribution is 0.0653. The number of likely N-dealkylation sites (tertiary alicyclic amines) is 1. The van der Waals surface area contributed by atoms with Gasteiger partial charge >= 0.3 is 0 Å². The molecule has 1 aromatic rings. The first-order valence-corrected chi connectivity index (χ1v) is 6.41. The second kappa shape index (κ2) is 4.78. The van der Waals surface area contributed by atoms with Crippen LogP contribution in [0.3, 0.4) is 0 Å². The largest absolute Gasteiger partial charge is 0.333 e. The SMILES string of the molecule is CC1(C)CCCN1C(=O)c1cc(Cl)ccc1NN. The highest BCUT2D eigenvalue weighted by molar-refractivity contribution is 6.31. The molecule has 0 spiro atoms. The van der Waals surface area contributed by atoms with Gasteiger partial charge in [-0.25, -0.2) is 0 Å². The number of nitrogens with one attached hydrogen (secondary N) is 1. The van der Waals surface area contributed by atoms with Gasteiger partial charge in [-0.15, -0.1) is 0 Å². The van der Waals surface area contributed by atoms with Crippen LogP contribution in [-0.4, -0.2) is 22.9 Å². The molecule has 98 valence electrons. The van der Waals surface area contributed by atoms with Crippen molar-refractivity contribution in [3.05, 3.63) is 28.8 Å². The van der Waals surface area contributed by atoms with E-state index in [-0.39, 0.29) is 11.4 Å². The Morgan fingerprint density at radius 2 is 2.22 bits per heavy atom. The molecule has 2 rings (SSSR count). The molecule has 1 saturated heterocycles. The number of amides is 1. The standard InChI is InChI=1S/C13H18ClN3O/c1-13(2)6-3-7-17(13)12(18)10-8-9(14)4-5-11(10)16-15/h4-5,8,16H,3,6-7,15H2,1-2H3. The average molecular weight is 268 g/mol. The third-order valence-corrected chi connectivity index (χ3v) is 3.75. The topological polar surface area (TPSA) is 58.4 Å². The first-order chi connectivity index (χ1) is 8.45. The molecule has 0 radical (unpaired) electrons. The third kappa shape index (κ3) is 2.31. The van der Waals surface area contributed by atoms with Crippen LogP contribution in [-0.2, 0) is 0 Å². The Kier molecular flexibility index (Phi) is 3.50. The predicted octanol–water partition coefficient (Wildman–Crippen LogP) is 2.64. The van der Waals surface area contributed by atoms with Gasteiger partial charge in [0.15, 0.2) is 0 Å². The fraction of sp³-hybridized carbons (Fsp3) is 0.462. The number of carbonyl (C=O) groups excluding carboxylic acids is 1. The Balaban J connectivity index is 2.37. The molecule has 5 heteroatoms. The third-order valence-electron chi connectivity index (χ3n) is 3.51. The van der Waals surface area contributed by atoms with Crippen molar-refractivity contribution in [1.82, 2.24) is 4.90 Å². The second-order valence-electron chi connectivity index (χ2n) is 5.21. The van der Waals surface area contributed by atoms with Crippen molar-refractivity contribution in [1.29, 1.82) is 0 Å². The minimum atomic E-state index is -0.106. The molecule has 0 aliphatic carbocycles. The Hall–Kier alpha value is -1.26. The summed E-state index contributed by atoms with van der Waals surface area (Å²) in [6, 6.07) is 5.09. The minimum absolute atomic E-state index is 0.0204. The molecule has 18 heavy (non-hydrogen) atoms. The quantitative estimate of drug-likeness (QED) is 0.640. The minimum Gasteiger partial charge on any atom is -0.333 e. The summed E-state index contributed by atoms with van der Waals surface area (Å²) >= 11 is 5.96. The van der Waals surface area contributed by atoms with Gasteiger partial charge in [0.05, 0.1) is 11.3 Å². The molecular weight excluding hydrogens is 250 g/mol. The van der Waals surface area contributed by atoms with Crippen molar-refractivity contribution in [2.75, 3.05) is 12.0 Å². The Labute approximate surface area is 112 Å². The zero-order valence-electron chi connectivity index (χ0n) is 10.7. The van der Waals surface area contributed by atoms with E-state index in [2.05, 4.69) is 19.3 Å². The molecule has 0 unspecified atom stereocenters. The number of nitrogen functional groups attached to an aromatic ring is 1. The molecule has 1 aliphatic heterocycles. The maximum Gasteiger partial charge on any atom is 0.256 e. The predicted molar refractivity (Wildman–Crippen MR) is 73.6 cm³/mol. The van der Waals surface area contributed by atoms with Gasteiger partial charge in [-0.3, -0.25) is 10.6 Å². The first kappa shape index (κ1) is 13.2. The van der Waals surface area contributed by atoms with E-state index in [1.54, 1.807) is 18.2 Å². The number of benzene rings is 1. The van der Waals surface area contributed by atoms with Crippen molar-refractivity contribution in [3.63, 3.8) is 0 Å². The summed E-state index contributed by atoms with van der Waals surface area (Å²) < 4.78 is 0. The number of nitrogens with two attached hydrogens (primary N) is 1. The maximum atomic E-state index is 12.6. The van der Waals surface area contributed by atoms with Crippen LogP contribution in [0.2, 0.25) is 5.02 Å². The summed E-state index contributed by atoms with van der Waals surface area (Å²) in [7, 11) is 0. The van der Waals surface area contributed by atoms with Crippen molar-refractivity contribution in [3.8, 4) is 0 Å². The molecule has 3 N–H and O–H groups in total. The summed E-state index contributed by atoms with van der Waals surface area (Å²) in [5.74, 6) is 5.42. The van der Waals surface area contributed by atoms with E-state index in [0.29, 0.717) is 16.3 Å². The molecule has 1 amide bonds. The highest BCUT2D eigenvalue weighted by Gasteiger charge is 2.36. The van der Waals surface area contributed by atoms with Crippen molar-refractivity contribution in [2.45, 2.75) is 32.2 Å². The van der Waals surface area contributed by atoms with Crippen molar-refractivity contribution >= 4 is 23.2 Å². The lowest BCUT2D eigenvalue weighted by Gasteiger charge is -2.32. The summed E-state index contributed by atoms with van der Waals surface area (Å²) in [5.41, 5.74) is 3.57. The van der Waals surface area contributed by atoms with Crippen LogP contribution in [0.5, 0.6) is 0 Å². The number of rotatable bonds is 2. The normalized spacial score (nSPS) is 17.9. The van der Waals surface area contributed by atoms with Crippen LogP contribution in [0.15, 0.2) is 18.2 Å². The molecule has 1 aromatic carbocycles. The number of hydrazine groups is 1. The fourth-order valence-electron chi connectivity index (χ4n) is 2.45. The summed E-state index contributed by atoms with van der Waals surface area (Å²) in [6.07, 6.45) is 2.05. The van der Waals surface area contributed by atoms with Crippen LogP contribution in [0, 0.1) is 0 Å². The van der Waals surface area contributed by atoms with Gasteiger partial charge in [0, 0.05) is 17.1 Å². The Bertz CT molecular complexity index is 473. The zero-order chi connectivity index (χ0) is 13.3. The second-order valence-corrected chi connectivity index (χ2v) is 5.64. The number of anilines is 1. The number of carbonyl (C=O) groups is 1. The Morgan fingerprint density at radius 1 is 1.50 bits per heavy atom. The number of hydrogen-bond donors (Lipinski definition) is 2. The van der Waals surface area contributed by atoms with Crippen molar-refractivity contribution in [2.24, 2.45) is 5.84 Å². The number of nitrogens with zero attached hydrogens (tertiary/aromatic N) is 1. The molecule has 0 aromatic heterocycles. The smallest absolute Gasteiger partial charge is 0.256 e. The van der Waals surface area contributed by atoms with Gasteiger partial charge in [-0.05, 0) is 44.9 Å². The summed E-state index contributed by atoms with van der Waals surface area (Å²) in [4.78, 5) is 14.5. The summed E-state index contributed by atoms with van der Waals surface area (Å²) in [6.45, 7) is 4.94. The van der Waals surface area contributed by atoms with Crippen LogP contribution < -0.4 is 11.3 Å². The highest BCUT2D eigenvalue weighted by atomic mass is 35.5. The monoisotopic (exact) mass is 267 g/mol. The molecule has 0 atom stereocenters. The molecule has 1 fully saturated rings. The zero-order valence-corrected chi connectivity index (χ0v) is 11.4. The summed E-state index contributed by atoms with van der Waals surface area (Å²) in [5, 5.41) is 0.536. The number of halogens is 1. The van der Waals surface area contributed by atoms with Gasteiger partial charge in [0.1, 0.15) is 0 Å². The van der Waals surface area contributed by atoms with Crippen molar-refractivity contribution < 1.29 is 4.79 Å². The van der Waals surface area contributed by atoms with Gasteiger partial charge in [0.25, 0.3) is 5.91 Å². The van der Waals surface area contributed by atoms with E-state index in [4.69, 9.17) is 17.4 Å². The molecule has 1 aliphatic rings. The maximum absolute atomic E-state index is 12.6. The van der Waals surface area contributed by atoms with E-state index >= 15 is 0 Å². The first-order valence-electron chi connectivity index (χ1n) is 6.04. The average Bonchev–Trinajstić information content (AvgIpc) is 2.68. The molecule has 4 nitrogen and oxygen atoms in total. The lowest BCUT2D eigenvalue weighted by atomic mass is 10.0. The van der Waals surface area contributed by atoms with Crippen LogP contribution in [0.1, 0.15) is 37.0 Å². The van der Waals surface area contributed by atoms with Crippen LogP contribution in [0.4, 0.5) is 5.69 Å². The van der Waals surface area contributed by atoms with Gasteiger partial charge in [0.2, 0.25) is 0 Å². The Morgan fingerprint density at radius 3 is 2.78 bits per heavy atom. The molecule has 0 saturated carbocycles. The molecule has 0 bridgehead atoms. The molecular formula is C13H18ClN3O. The van der Waals surface area contributed by atoms with Gasteiger partial charge in [-0.1, -0.05) is 11.6 Å². The van der Waals surface area contributed by atoms with Gasteiger partial charge in [-0.2, -0.15) is 0 Å². The van der Waals surface area contributed by atoms with E-state index in [1.165, 1.54) is 0 Å². The molecule has 1 heterocycles. The lowest BCUT2D eigenvalue weighted by Crippen LogP contribution is -2.43. The van der Waals surface area contributed by atoms with Crippen LogP contribution in [0.25, 0.3) is 0 Å². The fourth-order valence-corrected chi connectivity index (χ4v) is 2.62. The highest BCUT2D eigenvalue weighted by Crippen LogP contribution is 2.31. The van der Waals surface area contributed by atoms with Crippen LogP contribution >= 0.6 is 11.6 Å². The van der Waals surface area contributed by atoms with E-state index in [1.807, 2.05) is 4.90 Å².